The van der Waals surface area contributed by atoms with Crippen LogP contribution in [0.2, 0.25) is 10.0 Å². The van der Waals surface area contributed by atoms with Gasteiger partial charge in [0.1, 0.15) is 6.61 Å². The van der Waals surface area contributed by atoms with Crippen LogP contribution in [0.5, 0.6) is 0 Å². The number of nitrogens with zero attached hydrogens (tertiary/aromatic N) is 1. The van der Waals surface area contributed by atoms with E-state index in [1.54, 1.807) is 60.7 Å². The van der Waals surface area contributed by atoms with Crippen LogP contribution in [0.4, 0.5) is 11.4 Å². The molecular weight excluding hydrogens is 669 g/mol. The molecule has 0 unspecified atom stereocenters. The number of hydrogen-bond acceptors (Lipinski definition) is 8. The van der Waals surface area contributed by atoms with Crippen molar-refractivity contribution in [2.45, 2.75) is 13.0 Å². The Morgan fingerprint density at radius 2 is 1.55 bits per heavy atom. The number of esters is 1. The average molecular weight is 703 g/mol. The van der Waals surface area contributed by atoms with E-state index in [1.165, 1.54) is 0 Å². The lowest BCUT2D eigenvalue weighted by Crippen LogP contribution is -2.44. The van der Waals surface area contributed by atoms with Crippen molar-refractivity contribution in [2.75, 3.05) is 36.9 Å². The van der Waals surface area contributed by atoms with Gasteiger partial charge >= 0.3 is 5.97 Å². The Hall–Kier alpha value is -5.39. The first-order valence-electron chi connectivity index (χ1n) is 15.4. The number of carbonyl (C=O) groups excluding carboxylic acids is 4. The van der Waals surface area contributed by atoms with Gasteiger partial charge in [0, 0.05) is 30.8 Å². The van der Waals surface area contributed by atoms with E-state index in [2.05, 4.69) is 26.3 Å². The van der Waals surface area contributed by atoms with E-state index in [0.717, 1.165) is 17.5 Å². The standard InChI is InChI=1S/C36H33Cl2N5O6/c37-29-18-26(24-11-5-2-6-12-24)19-30(38)32(29)43-34(46)28(35(47)49-22-23-9-3-1-4-10-23)20-40-31(44)21-41-33(45)25-13-7-14-27(17-25)42-36-39-15-8-16-48-36/h1-7,9-14,17-19,28H,8,15-16,20-22H2,(H,39,42)(H,40,44)(H,41,45)(H,43,46)/t28-/m0/s1. The monoisotopic (exact) mass is 701 g/mol. The zero-order chi connectivity index (χ0) is 34.6. The number of nitrogens with one attached hydrogen (secondary N) is 4. The molecule has 0 bridgehead atoms. The van der Waals surface area contributed by atoms with E-state index in [4.69, 9.17) is 32.7 Å². The maximum absolute atomic E-state index is 13.5. The number of carbonyl (C=O) groups is 4. The molecule has 4 aromatic rings. The normalized spacial score (nSPS) is 12.8. The number of rotatable bonds is 12. The fourth-order valence-corrected chi connectivity index (χ4v) is 5.33. The van der Waals surface area contributed by atoms with Gasteiger partial charge in [0.25, 0.3) is 11.9 Å². The van der Waals surface area contributed by atoms with Gasteiger partial charge in [-0.15, -0.1) is 0 Å². The van der Waals surface area contributed by atoms with Crippen LogP contribution in [0.15, 0.2) is 102 Å². The molecule has 49 heavy (non-hydrogen) atoms. The van der Waals surface area contributed by atoms with Crippen LogP contribution in [0, 0.1) is 5.92 Å². The summed E-state index contributed by atoms with van der Waals surface area (Å²) in [7, 11) is 0. The molecule has 0 saturated heterocycles. The molecular formula is C36H33Cl2N5O6. The summed E-state index contributed by atoms with van der Waals surface area (Å²) in [5.74, 6) is -4.30. The number of hydrogen-bond donors (Lipinski definition) is 4. The van der Waals surface area contributed by atoms with Crippen LogP contribution in [0.3, 0.4) is 0 Å². The molecule has 1 atom stereocenters. The highest BCUT2D eigenvalue weighted by Gasteiger charge is 2.30. The highest BCUT2D eigenvalue weighted by Crippen LogP contribution is 2.36. The van der Waals surface area contributed by atoms with E-state index in [-0.39, 0.29) is 22.3 Å². The van der Waals surface area contributed by atoms with Crippen molar-refractivity contribution >= 4 is 64.3 Å². The molecule has 13 heteroatoms. The van der Waals surface area contributed by atoms with E-state index in [9.17, 15) is 19.2 Å². The van der Waals surface area contributed by atoms with Gasteiger partial charge in [-0.2, -0.15) is 0 Å². The maximum atomic E-state index is 13.5. The van der Waals surface area contributed by atoms with Crippen LogP contribution in [-0.4, -0.2) is 56.0 Å². The lowest BCUT2D eigenvalue weighted by atomic mass is 10.0. The zero-order valence-electron chi connectivity index (χ0n) is 26.2. The van der Waals surface area contributed by atoms with Gasteiger partial charge in [-0.1, -0.05) is 89.9 Å². The van der Waals surface area contributed by atoms with Crippen LogP contribution in [-0.2, 0) is 30.5 Å². The number of benzene rings is 4. The molecule has 1 heterocycles. The van der Waals surface area contributed by atoms with Gasteiger partial charge in [-0.3, -0.25) is 19.2 Å². The van der Waals surface area contributed by atoms with Crippen molar-refractivity contribution in [3.63, 3.8) is 0 Å². The van der Waals surface area contributed by atoms with Crippen LogP contribution in [0.25, 0.3) is 11.1 Å². The molecule has 0 aliphatic carbocycles. The number of amidine groups is 1. The molecule has 0 saturated carbocycles. The van der Waals surface area contributed by atoms with Gasteiger partial charge < -0.3 is 30.7 Å². The largest absolute Gasteiger partial charge is 0.465 e. The summed E-state index contributed by atoms with van der Waals surface area (Å²) in [5, 5.41) is 11.0. The number of anilines is 2. The third kappa shape index (κ3) is 10.1. The molecule has 1 aliphatic rings. The van der Waals surface area contributed by atoms with E-state index >= 15 is 0 Å². The fourth-order valence-electron chi connectivity index (χ4n) is 4.75. The second-order valence-electron chi connectivity index (χ2n) is 10.9. The van der Waals surface area contributed by atoms with Gasteiger partial charge in [0.15, 0.2) is 5.92 Å². The molecule has 252 valence electrons. The van der Waals surface area contributed by atoms with E-state index in [1.807, 2.05) is 36.4 Å². The minimum atomic E-state index is -1.48. The van der Waals surface area contributed by atoms with Crippen LogP contribution in [0.1, 0.15) is 22.3 Å². The summed E-state index contributed by atoms with van der Waals surface area (Å²) < 4.78 is 10.9. The van der Waals surface area contributed by atoms with Crippen molar-refractivity contribution in [1.29, 1.82) is 0 Å². The van der Waals surface area contributed by atoms with Crippen LogP contribution < -0.4 is 21.3 Å². The van der Waals surface area contributed by atoms with Crippen molar-refractivity contribution in [2.24, 2.45) is 10.9 Å². The second-order valence-corrected chi connectivity index (χ2v) is 11.7. The molecule has 3 amide bonds. The highest BCUT2D eigenvalue weighted by molar-refractivity contribution is 6.40. The number of halogens is 2. The lowest BCUT2D eigenvalue weighted by molar-refractivity contribution is -0.152. The molecule has 4 N–H and O–H groups in total. The molecule has 0 fully saturated rings. The zero-order valence-corrected chi connectivity index (χ0v) is 27.7. The minimum Gasteiger partial charge on any atom is -0.465 e. The Morgan fingerprint density at radius 3 is 2.24 bits per heavy atom. The van der Waals surface area contributed by atoms with E-state index in [0.29, 0.717) is 36.0 Å². The number of amides is 3. The third-order valence-electron chi connectivity index (χ3n) is 7.31. The van der Waals surface area contributed by atoms with Crippen molar-refractivity contribution in [3.8, 4) is 11.1 Å². The predicted octanol–water partition coefficient (Wildman–Crippen LogP) is 5.69. The average Bonchev–Trinajstić information content (AvgIpc) is 3.12. The fraction of sp³-hybridized carbons (Fsp3) is 0.194. The Bertz CT molecular complexity index is 1820. The Balaban J connectivity index is 1.22. The first-order valence-corrected chi connectivity index (χ1v) is 16.2. The smallest absolute Gasteiger partial charge is 0.320 e. The predicted molar refractivity (Wildman–Crippen MR) is 189 cm³/mol. The summed E-state index contributed by atoms with van der Waals surface area (Å²) in [6, 6.07) is 28.6. The Labute approximate surface area is 293 Å². The van der Waals surface area contributed by atoms with Crippen LogP contribution >= 0.6 is 23.2 Å². The molecule has 0 spiro atoms. The molecule has 1 aliphatic heterocycles. The van der Waals surface area contributed by atoms with Gasteiger partial charge in [0.2, 0.25) is 11.8 Å². The molecule has 4 aromatic carbocycles. The lowest BCUT2D eigenvalue weighted by Gasteiger charge is -2.18. The molecule has 0 aromatic heterocycles. The Kier molecular flexibility index (Phi) is 12.2. The summed E-state index contributed by atoms with van der Waals surface area (Å²) in [6.07, 6.45) is 0.835. The Morgan fingerprint density at radius 1 is 0.837 bits per heavy atom. The molecule has 5 rings (SSSR count). The highest BCUT2D eigenvalue weighted by atomic mass is 35.5. The van der Waals surface area contributed by atoms with Crippen molar-refractivity contribution in [3.05, 3.63) is 118 Å². The quantitative estimate of drug-likeness (QED) is 0.110. The number of aliphatic imine (C=N–C) groups is 1. The summed E-state index contributed by atoms with van der Waals surface area (Å²) >= 11 is 13.0. The molecule has 0 radical (unpaired) electrons. The van der Waals surface area contributed by atoms with Gasteiger partial charge in [-0.25, -0.2) is 4.99 Å². The summed E-state index contributed by atoms with van der Waals surface area (Å²) in [5.41, 5.74) is 3.31. The maximum Gasteiger partial charge on any atom is 0.320 e. The number of ether oxygens (including phenoxy) is 2. The van der Waals surface area contributed by atoms with Crippen molar-refractivity contribution < 1.29 is 28.7 Å². The first kappa shape index (κ1) is 34.9. The topological polar surface area (TPSA) is 147 Å². The second kappa shape index (κ2) is 17.1. The third-order valence-corrected chi connectivity index (χ3v) is 7.90. The van der Waals surface area contributed by atoms with Gasteiger partial charge in [0.05, 0.1) is 28.9 Å². The van der Waals surface area contributed by atoms with Crippen molar-refractivity contribution in [1.82, 2.24) is 10.6 Å². The summed E-state index contributed by atoms with van der Waals surface area (Å²) in [4.78, 5) is 56.5. The minimum absolute atomic E-state index is 0.0892. The molecule has 11 nitrogen and oxygen atoms in total. The first-order chi connectivity index (χ1) is 23.8. The summed E-state index contributed by atoms with van der Waals surface area (Å²) in [6.45, 7) is 0.269. The van der Waals surface area contributed by atoms with E-state index < -0.39 is 42.7 Å². The van der Waals surface area contributed by atoms with Gasteiger partial charge in [-0.05, 0) is 47.0 Å². The SMILES string of the molecule is O=C(CNC(=O)c1cccc(NC2=NCCCO2)c1)NC[C@@H](C(=O)Nc1c(Cl)cc(-c2ccccc2)cc1Cl)C(=O)OCc1ccccc1.